The van der Waals surface area contributed by atoms with E-state index in [9.17, 15) is 21.6 Å². The smallest absolute Gasteiger partial charge is 0.264 e. The molecule has 1 aromatic heterocycles. The van der Waals surface area contributed by atoms with Gasteiger partial charge in [-0.1, -0.05) is 0 Å². The van der Waals surface area contributed by atoms with E-state index in [0.717, 1.165) is 17.6 Å². The zero-order chi connectivity index (χ0) is 16.1. The maximum atomic E-state index is 12.4. The number of thiophene rings is 1. The topological polar surface area (TPSA) is 88.6 Å². The van der Waals surface area contributed by atoms with Crippen LogP contribution in [0.25, 0.3) is 0 Å². The maximum absolute atomic E-state index is 12.4. The van der Waals surface area contributed by atoms with Crippen LogP contribution in [0.15, 0.2) is 16.3 Å². The van der Waals surface area contributed by atoms with Gasteiger partial charge in [0.2, 0.25) is 0 Å². The summed E-state index contributed by atoms with van der Waals surface area (Å²) in [6.07, 6.45) is 1.08. The lowest BCUT2D eigenvalue weighted by Crippen LogP contribution is -2.54. The minimum Gasteiger partial charge on any atom is -0.335 e. The number of carbonyl (C=O) groups is 1. The molecule has 9 heteroatoms. The van der Waals surface area contributed by atoms with Gasteiger partial charge in [-0.2, -0.15) is 0 Å². The van der Waals surface area contributed by atoms with Gasteiger partial charge in [-0.3, -0.25) is 4.79 Å². The van der Waals surface area contributed by atoms with Crippen molar-refractivity contribution < 1.29 is 21.6 Å². The highest BCUT2D eigenvalue weighted by atomic mass is 32.2. The minimum atomic E-state index is -3.34. The first kappa shape index (κ1) is 16.4. The number of rotatable bonds is 2. The number of amides is 1. The molecular weight excluding hydrogens is 334 g/mol. The summed E-state index contributed by atoms with van der Waals surface area (Å²) in [5.74, 6) is -0.395. The van der Waals surface area contributed by atoms with Gasteiger partial charge in [0.15, 0.2) is 19.7 Å². The van der Waals surface area contributed by atoms with Gasteiger partial charge in [0.25, 0.3) is 5.91 Å². The Bertz CT molecular complexity index is 774. The van der Waals surface area contributed by atoms with E-state index in [2.05, 4.69) is 0 Å². The van der Waals surface area contributed by atoms with Gasteiger partial charge in [0, 0.05) is 24.7 Å². The maximum Gasteiger partial charge on any atom is 0.264 e. The zero-order valence-electron chi connectivity index (χ0n) is 12.0. The predicted octanol–water partition coefficient (Wildman–Crippen LogP) is 0.801. The van der Waals surface area contributed by atoms with Gasteiger partial charge in [-0.25, -0.2) is 16.8 Å². The SMILES string of the molecule is CC1(C)CN(C(=O)c2cc(S(C)(=O)=O)cs2)CCS1(=O)=O. The van der Waals surface area contributed by atoms with Crippen LogP contribution in [0.2, 0.25) is 0 Å². The molecule has 1 saturated heterocycles. The summed E-state index contributed by atoms with van der Waals surface area (Å²) in [6, 6.07) is 1.35. The number of carbonyl (C=O) groups excluding carboxylic acids is 1. The van der Waals surface area contributed by atoms with Crippen molar-refractivity contribution in [3.05, 3.63) is 16.3 Å². The quantitative estimate of drug-likeness (QED) is 0.786. The molecule has 0 unspecified atom stereocenters. The Labute approximate surface area is 128 Å². The van der Waals surface area contributed by atoms with E-state index >= 15 is 0 Å². The Balaban J connectivity index is 2.24. The molecule has 0 atom stereocenters. The van der Waals surface area contributed by atoms with E-state index < -0.39 is 24.4 Å². The van der Waals surface area contributed by atoms with E-state index in [1.807, 2.05) is 0 Å². The van der Waals surface area contributed by atoms with Crippen LogP contribution < -0.4 is 0 Å². The van der Waals surface area contributed by atoms with Crippen molar-refractivity contribution in [2.24, 2.45) is 0 Å². The number of nitrogens with zero attached hydrogens (tertiary/aromatic N) is 1. The van der Waals surface area contributed by atoms with Gasteiger partial charge >= 0.3 is 0 Å². The van der Waals surface area contributed by atoms with Crippen LogP contribution in [-0.2, 0) is 19.7 Å². The highest BCUT2D eigenvalue weighted by Crippen LogP contribution is 2.27. The molecule has 1 aliphatic rings. The van der Waals surface area contributed by atoms with Crippen LogP contribution in [0.5, 0.6) is 0 Å². The second-order valence-electron chi connectivity index (χ2n) is 5.72. The summed E-state index contributed by atoms with van der Waals surface area (Å²) in [5, 5.41) is 1.42. The van der Waals surface area contributed by atoms with Crippen LogP contribution >= 0.6 is 11.3 Å². The third-order valence-electron chi connectivity index (χ3n) is 3.55. The average molecular weight is 351 g/mol. The average Bonchev–Trinajstić information content (AvgIpc) is 2.81. The fourth-order valence-electron chi connectivity index (χ4n) is 2.10. The van der Waals surface area contributed by atoms with E-state index in [1.165, 1.54) is 16.3 Å². The third-order valence-corrected chi connectivity index (χ3v) is 8.24. The summed E-state index contributed by atoms with van der Waals surface area (Å²) in [4.78, 5) is 14.3. The lowest BCUT2D eigenvalue weighted by atomic mass is 10.2. The van der Waals surface area contributed by atoms with Gasteiger partial charge in [0.1, 0.15) is 0 Å². The minimum absolute atomic E-state index is 0.0734. The van der Waals surface area contributed by atoms with Crippen molar-refractivity contribution in [3.8, 4) is 0 Å². The molecule has 0 N–H and O–H groups in total. The van der Waals surface area contributed by atoms with E-state index in [0.29, 0.717) is 4.88 Å². The molecule has 1 aromatic rings. The first-order chi connectivity index (χ1) is 9.44. The van der Waals surface area contributed by atoms with Gasteiger partial charge < -0.3 is 4.90 Å². The Kier molecular flexibility index (Phi) is 3.96. The van der Waals surface area contributed by atoms with E-state index in [1.54, 1.807) is 13.8 Å². The van der Waals surface area contributed by atoms with Crippen molar-refractivity contribution in [2.45, 2.75) is 23.5 Å². The van der Waals surface area contributed by atoms with Crippen molar-refractivity contribution in [3.63, 3.8) is 0 Å². The number of hydrogen-bond acceptors (Lipinski definition) is 6. The Morgan fingerprint density at radius 2 is 2.00 bits per heavy atom. The van der Waals surface area contributed by atoms with Crippen LogP contribution in [0.4, 0.5) is 0 Å². The molecule has 0 aromatic carbocycles. The molecule has 1 fully saturated rings. The Hall–Kier alpha value is -0.930. The lowest BCUT2D eigenvalue weighted by molar-refractivity contribution is 0.0748. The van der Waals surface area contributed by atoms with Gasteiger partial charge in [0.05, 0.1) is 20.3 Å². The Morgan fingerprint density at radius 3 is 2.48 bits per heavy atom. The fourth-order valence-corrected chi connectivity index (χ4v) is 5.45. The van der Waals surface area contributed by atoms with Crippen molar-refractivity contribution in [2.75, 3.05) is 25.1 Å². The van der Waals surface area contributed by atoms with Gasteiger partial charge in [-0.05, 0) is 19.9 Å². The number of sulfone groups is 2. The summed E-state index contributed by atoms with van der Waals surface area (Å²) in [5.41, 5.74) is 0. The molecule has 0 bridgehead atoms. The van der Waals surface area contributed by atoms with Crippen molar-refractivity contribution in [1.82, 2.24) is 4.90 Å². The van der Waals surface area contributed by atoms with Gasteiger partial charge in [-0.15, -0.1) is 11.3 Å². The fraction of sp³-hybridized carbons (Fsp3) is 0.583. The summed E-state index contributed by atoms with van der Waals surface area (Å²) in [7, 11) is -6.56. The van der Waals surface area contributed by atoms with Crippen LogP contribution in [0.3, 0.4) is 0 Å². The third kappa shape index (κ3) is 3.14. The molecular formula is C12H17NO5S3. The summed E-state index contributed by atoms with van der Waals surface area (Å²) >= 11 is 1.06. The summed E-state index contributed by atoms with van der Waals surface area (Å²) < 4.78 is 45.7. The molecule has 2 heterocycles. The van der Waals surface area contributed by atoms with Crippen LogP contribution in [-0.4, -0.2) is 57.5 Å². The second kappa shape index (κ2) is 5.06. The second-order valence-corrected chi connectivity index (χ2v) is 11.4. The molecule has 0 saturated carbocycles. The molecule has 6 nitrogen and oxygen atoms in total. The molecule has 1 amide bonds. The first-order valence-corrected chi connectivity index (χ1v) is 10.7. The number of hydrogen-bond donors (Lipinski definition) is 0. The van der Waals surface area contributed by atoms with Crippen LogP contribution in [0.1, 0.15) is 23.5 Å². The molecule has 21 heavy (non-hydrogen) atoms. The molecule has 0 aliphatic carbocycles. The standard InChI is InChI=1S/C12H17NO5S3/c1-12(2)8-13(4-5-21(12,17)18)11(14)10-6-9(7-19-10)20(3,15)16/h6-7H,4-5,8H2,1-3H3. The van der Waals surface area contributed by atoms with Crippen molar-refractivity contribution in [1.29, 1.82) is 0 Å². The molecule has 0 spiro atoms. The largest absolute Gasteiger partial charge is 0.335 e. The molecule has 0 radical (unpaired) electrons. The first-order valence-electron chi connectivity index (χ1n) is 6.24. The zero-order valence-corrected chi connectivity index (χ0v) is 14.4. The van der Waals surface area contributed by atoms with Crippen molar-refractivity contribution >= 4 is 36.9 Å². The Morgan fingerprint density at radius 1 is 1.38 bits per heavy atom. The summed E-state index contributed by atoms with van der Waals surface area (Å²) in [6.45, 7) is 3.44. The molecule has 118 valence electrons. The monoisotopic (exact) mass is 351 g/mol. The molecule has 2 rings (SSSR count). The normalized spacial score (nSPS) is 21.2. The highest BCUT2D eigenvalue weighted by Gasteiger charge is 2.41. The van der Waals surface area contributed by atoms with E-state index in [-0.39, 0.29) is 29.6 Å². The highest BCUT2D eigenvalue weighted by molar-refractivity contribution is 7.92. The molecule has 1 aliphatic heterocycles. The lowest BCUT2D eigenvalue weighted by Gasteiger charge is -2.37. The predicted molar refractivity (Wildman–Crippen MR) is 81.2 cm³/mol. The van der Waals surface area contributed by atoms with Crippen LogP contribution in [0, 0.1) is 0 Å². The van der Waals surface area contributed by atoms with E-state index in [4.69, 9.17) is 0 Å².